The number of nitrogens with one attached hydrogen (secondary N) is 1. The van der Waals surface area contributed by atoms with E-state index in [4.69, 9.17) is 11.2 Å². The van der Waals surface area contributed by atoms with Crippen LogP contribution in [0.3, 0.4) is 0 Å². The van der Waals surface area contributed by atoms with Crippen molar-refractivity contribution in [2.75, 3.05) is 20.3 Å². The molecule has 2 heterocycles. The first kappa shape index (κ1) is 26.5. The van der Waals surface area contributed by atoms with Crippen molar-refractivity contribution in [3.8, 4) is 12.3 Å². The Morgan fingerprint density at radius 3 is 2.64 bits per heavy atom. The van der Waals surface area contributed by atoms with E-state index >= 15 is 0 Å². The quantitative estimate of drug-likeness (QED) is 0.407. The second-order valence-electron chi connectivity index (χ2n) is 8.55. The van der Waals surface area contributed by atoms with Gasteiger partial charge in [0.2, 0.25) is 11.8 Å². The van der Waals surface area contributed by atoms with Crippen molar-refractivity contribution in [2.24, 2.45) is 10.2 Å². The van der Waals surface area contributed by atoms with Crippen molar-refractivity contribution in [2.45, 2.75) is 90.5 Å². The average molecular weight is 459 g/mol. The standard InChI is InChI=1S/C24H38N6O3/c1-7-10-13-24(27-28-24)14-11-21(31)30(19(5)12-16-33-6)22(23(32)25-9-3)20-17-18(4)26-29(20)15-8-2/h1,17,19,22H,8-16H2,2-6H3,(H,25,32)/t19-,22?/m1/s1. The Balaban J connectivity index is 2.38. The maximum atomic E-state index is 13.6. The Kier molecular flexibility index (Phi) is 10.0. The Hall–Kier alpha value is -2.73. The average Bonchev–Trinajstić information content (AvgIpc) is 3.47. The summed E-state index contributed by atoms with van der Waals surface area (Å²) in [5, 5.41) is 15.8. The third-order valence-corrected chi connectivity index (χ3v) is 5.82. The highest BCUT2D eigenvalue weighted by molar-refractivity contribution is 5.88. The number of methoxy groups -OCH3 is 1. The van der Waals surface area contributed by atoms with E-state index < -0.39 is 11.7 Å². The lowest BCUT2D eigenvalue weighted by Crippen LogP contribution is -2.49. The van der Waals surface area contributed by atoms with Gasteiger partial charge in [-0.1, -0.05) is 6.92 Å². The molecule has 0 spiro atoms. The van der Waals surface area contributed by atoms with E-state index in [1.165, 1.54) is 0 Å². The molecular weight excluding hydrogens is 420 g/mol. The third-order valence-electron chi connectivity index (χ3n) is 5.82. The molecule has 182 valence electrons. The summed E-state index contributed by atoms with van der Waals surface area (Å²) in [6.45, 7) is 9.40. The SMILES string of the molecule is C#CCCC1(CCC(=O)N(C(C(=O)NCC)c2cc(C)nn2CCC)[C@H](C)CCOC)N=N1. The second-order valence-corrected chi connectivity index (χ2v) is 8.55. The molecule has 0 radical (unpaired) electrons. The molecule has 0 aromatic carbocycles. The largest absolute Gasteiger partial charge is 0.385 e. The number of aromatic nitrogens is 2. The lowest BCUT2D eigenvalue weighted by atomic mass is 9.99. The predicted molar refractivity (Wildman–Crippen MR) is 126 cm³/mol. The van der Waals surface area contributed by atoms with Crippen molar-refractivity contribution < 1.29 is 14.3 Å². The van der Waals surface area contributed by atoms with Gasteiger partial charge in [-0.2, -0.15) is 15.3 Å². The van der Waals surface area contributed by atoms with Crippen LogP contribution in [0.15, 0.2) is 16.3 Å². The molecule has 33 heavy (non-hydrogen) atoms. The lowest BCUT2D eigenvalue weighted by molar-refractivity contribution is -0.144. The summed E-state index contributed by atoms with van der Waals surface area (Å²) in [5.74, 6) is 2.28. The predicted octanol–water partition coefficient (Wildman–Crippen LogP) is 3.39. The van der Waals surface area contributed by atoms with Gasteiger partial charge >= 0.3 is 0 Å². The van der Waals surface area contributed by atoms with Crippen LogP contribution in [0.2, 0.25) is 0 Å². The van der Waals surface area contributed by atoms with Gasteiger partial charge in [0, 0.05) is 58.5 Å². The molecule has 0 saturated heterocycles. The zero-order chi connectivity index (χ0) is 24.4. The fraction of sp³-hybridized carbons (Fsp3) is 0.708. The summed E-state index contributed by atoms with van der Waals surface area (Å²) in [7, 11) is 1.63. The highest BCUT2D eigenvalue weighted by atomic mass is 16.5. The number of carbonyl (C=O) groups excluding carboxylic acids is 2. The maximum absolute atomic E-state index is 13.6. The minimum atomic E-state index is -0.785. The van der Waals surface area contributed by atoms with Crippen LogP contribution in [0.1, 0.15) is 76.7 Å². The zero-order valence-electron chi connectivity index (χ0n) is 20.6. The van der Waals surface area contributed by atoms with E-state index in [0.717, 1.165) is 17.8 Å². The number of aryl methyl sites for hydroxylation is 2. The van der Waals surface area contributed by atoms with Gasteiger partial charge in [-0.05, 0) is 39.7 Å². The smallest absolute Gasteiger partial charge is 0.249 e. The van der Waals surface area contributed by atoms with Gasteiger partial charge in [0.1, 0.15) is 0 Å². The molecular formula is C24H38N6O3. The minimum Gasteiger partial charge on any atom is -0.385 e. The lowest BCUT2D eigenvalue weighted by Gasteiger charge is -2.36. The summed E-state index contributed by atoms with van der Waals surface area (Å²) in [5.41, 5.74) is 0.986. The molecule has 1 unspecified atom stereocenters. The van der Waals surface area contributed by atoms with Crippen LogP contribution in [0.25, 0.3) is 0 Å². The molecule has 0 fully saturated rings. The molecule has 0 saturated carbocycles. The van der Waals surface area contributed by atoms with Crippen LogP contribution in [0.5, 0.6) is 0 Å². The van der Waals surface area contributed by atoms with Gasteiger partial charge < -0.3 is 15.0 Å². The number of hydrogen-bond donors (Lipinski definition) is 1. The third kappa shape index (κ3) is 7.13. The summed E-state index contributed by atoms with van der Waals surface area (Å²) >= 11 is 0. The molecule has 1 N–H and O–H groups in total. The number of hydrogen-bond acceptors (Lipinski definition) is 6. The second kappa shape index (κ2) is 12.5. The van der Waals surface area contributed by atoms with E-state index in [1.807, 2.05) is 31.5 Å². The van der Waals surface area contributed by atoms with Crippen molar-refractivity contribution >= 4 is 11.8 Å². The Morgan fingerprint density at radius 1 is 1.33 bits per heavy atom. The van der Waals surface area contributed by atoms with Gasteiger partial charge in [-0.3, -0.25) is 14.3 Å². The van der Waals surface area contributed by atoms with Gasteiger partial charge in [-0.15, -0.1) is 12.3 Å². The van der Waals surface area contributed by atoms with Gasteiger partial charge in [0.15, 0.2) is 11.7 Å². The molecule has 2 rings (SSSR count). The van der Waals surface area contributed by atoms with E-state index in [2.05, 4.69) is 33.5 Å². The molecule has 1 aromatic heterocycles. The van der Waals surface area contributed by atoms with E-state index in [9.17, 15) is 9.59 Å². The van der Waals surface area contributed by atoms with Gasteiger partial charge in [0.05, 0.1) is 11.4 Å². The number of rotatable bonds is 15. The van der Waals surface area contributed by atoms with Crippen LogP contribution in [-0.2, 0) is 20.9 Å². The summed E-state index contributed by atoms with van der Waals surface area (Å²) in [4.78, 5) is 28.7. The van der Waals surface area contributed by atoms with E-state index in [-0.39, 0.29) is 24.3 Å². The first-order chi connectivity index (χ1) is 15.8. The molecule has 2 atom stereocenters. The number of nitrogens with zero attached hydrogens (tertiary/aromatic N) is 5. The molecule has 9 nitrogen and oxygen atoms in total. The minimum absolute atomic E-state index is 0.117. The molecule has 1 aliphatic heterocycles. The number of likely N-dealkylation sites (N-methyl/N-ethyl adjacent to an activating group) is 1. The first-order valence-electron chi connectivity index (χ1n) is 11.8. The van der Waals surface area contributed by atoms with E-state index in [1.54, 1.807) is 12.0 Å². The van der Waals surface area contributed by atoms with Crippen LogP contribution in [-0.4, -0.2) is 58.5 Å². The van der Waals surface area contributed by atoms with Crippen LogP contribution < -0.4 is 5.32 Å². The van der Waals surface area contributed by atoms with Crippen molar-refractivity contribution in [1.29, 1.82) is 0 Å². The molecule has 0 bridgehead atoms. The Morgan fingerprint density at radius 2 is 2.06 bits per heavy atom. The highest BCUT2D eigenvalue weighted by Crippen LogP contribution is 2.38. The Bertz CT molecular complexity index is 866. The molecule has 1 aromatic rings. The fourth-order valence-corrected chi connectivity index (χ4v) is 4.03. The molecule has 9 heteroatoms. The van der Waals surface area contributed by atoms with Crippen LogP contribution in [0.4, 0.5) is 0 Å². The highest BCUT2D eigenvalue weighted by Gasteiger charge is 2.42. The van der Waals surface area contributed by atoms with Crippen LogP contribution in [0, 0.1) is 19.3 Å². The maximum Gasteiger partial charge on any atom is 0.249 e. The number of terminal acetylenes is 1. The summed E-state index contributed by atoms with van der Waals surface area (Å²) in [6, 6.07) is 0.899. The molecule has 0 aliphatic carbocycles. The number of ether oxygens (including phenoxy) is 1. The normalized spacial score (nSPS) is 15.5. The monoisotopic (exact) mass is 458 g/mol. The number of amides is 2. The first-order valence-corrected chi connectivity index (χ1v) is 11.8. The number of carbonyl (C=O) groups is 2. The topological polar surface area (TPSA) is 101 Å². The van der Waals surface area contributed by atoms with Gasteiger partial charge in [0.25, 0.3) is 0 Å². The summed E-state index contributed by atoms with van der Waals surface area (Å²) in [6.07, 6.45) is 8.77. The Labute approximate surface area is 197 Å². The van der Waals surface area contributed by atoms with Gasteiger partial charge in [-0.25, -0.2) is 0 Å². The van der Waals surface area contributed by atoms with Crippen molar-refractivity contribution in [3.63, 3.8) is 0 Å². The zero-order valence-corrected chi connectivity index (χ0v) is 20.6. The molecule has 2 amide bonds. The van der Waals surface area contributed by atoms with Crippen molar-refractivity contribution in [1.82, 2.24) is 20.0 Å². The molecule has 1 aliphatic rings. The van der Waals surface area contributed by atoms with Crippen molar-refractivity contribution in [3.05, 3.63) is 17.5 Å². The fourth-order valence-electron chi connectivity index (χ4n) is 4.03. The van der Waals surface area contributed by atoms with Crippen LogP contribution >= 0.6 is 0 Å². The van der Waals surface area contributed by atoms with E-state index in [0.29, 0.717) is 45.4 Å². The summed E-state index contributed by atoms with van der Waals surface area (Å²) < 4.78 is 7.11.